The molecule has 2 atom stereocenters. The van der Waals surface area contributed by atoms with Crippen LogP contribution in [0.3, 0.4) is 0 Å². The van der Waals surface area contributed by atoms with Gasteiger partial charge >= 0.3 is 18.3 Å². The normalized spacial score (nSPS) is 18.0. The molecule has 1 aliphatic rings. The fourth-order valence-electron chi connectivity index (χ4n) is 3.63. The molecule has 2 aromatic rings. The Morgan fingerprint density at radius 3 is 2.40 bits per heavy atom. The van der Waals surface area contributed by atoms with Crippen LogP contribution in [0, 0.1) is 5.92 Å². The summed E-state index contributed by atoms with van der Waals surface area (Å²) in [6.45, 7) is 2.68. The number of esters is 1. The summed E-state index contributed by atoms with van der Waals surface area (Å²) in [6, 6.07) is 5.62. The van der Waals surface area contributed by atoms with Gasteiger partial charge in [-0.15, -0.1) is 0 Å². The van der Waals surface area contributed by atoms with Gasteiger partial charge in [-0.1, -0.05) is 18.7 Å². The number of aromatic nitrogens is 2. The summed E-state index contributed by atoms with van der Waals surface area (Å²) in [4.78, 5) is 38.1. The van der Waals surface area contributed by atoms with E-state index in [0.29, 0.717) is 5.56 Å². The van der Waals surface area contributed by atoms with Gasteiger partial charge in [0.25, 0.3) is 5.56 Å². The highest BCUT2D eigenvalue weighted by Gasteiger charge is 2.42. The average molecular weight is 421 g/mol. The van der Waals surface area contributed by atoms with Crippen LogP contribution in [0.2, 0.25) is 0 Å². The summed E-state index contributed by atoms with van der Waals surface area (Å²) in [6.07, 6.45) is 0. The third-order valence-electron chi connectivity index (χ3n) is 5.00. The van der Waals surface area contributed by atoms with Crippen molar-refractivity contribution in [1.82, 2.24) is 9.13 Å². The molecule has 8 nitrogen and oxygen atoms in total. The van der Waals surface area contributed by atoms with Gasteiger partial charge in [-0.3, -0.25) is 18.7 Å². The summed E-state index contributed by atoms with van der Waals surface area (Å²) >= 11 is 0. The number of nitrogens with zero attached hydrogens (tertiary/aromatic N) is 2. The van der Waals surface area contributed by atoms with Crippen molar-refractivity contribution in [2.45, 2.75) is 19.5 Å². The largest absolute Gasteiger partial charge is 0.465 e. The molecule has 0 saturated heterocycles. The number of carbonyl (C=O) groups excluding carboxylic acids is 1. The molecule has 0 spiro atoms. The van der Waals surface area contributed by atoms with E-state index in [4.69, 9.17) is 4.74 Å². The predicted molar refractivity (Wildman–Crippen MR) is 105 cm³/mol. The lowest BCUT2D eigenvalue weighted by Crippen LogP contribution is -2.46. The lowest BCUT2D eigenvalue weighted by molar-refractivity contribution is -0.147. The summed E-state index contributed by atoms with van der Waals surface area (Å²) < 4.78 is 36.7. The van der Waals surface area contributed by atoms with E-state index in [1.165, 1.54) is 42.9 Å². The van der Waals surface area contributed by atoms with E-state index < -0.39 is 35.7 Å². The Bertz CT molecular complexity index is 1110. The molecule has 30 heavy (non-hydrogen) atoms. The molecule has 0 radical (unpaired) electrons. The summed E-state index contributed by atoms with van der Waals surface area (Å²) in [5.74, 6) is -2.27. The molecule has 0 amide bonds. The van der Waals surface area contributed by atoms with Gasteiger partial charge < -0.3 is 14.8 Å². The highest BCUT2D eigenvalue weighted by molar-refractivity contribution is 5.81. The standard InChI is InChI=1S/C20H21F2N3O5/c1-5-29-18(27)13-10(2)23-16-15(17(26)25(4)20(28)24(16)3)14(13)11-6-8-12(9-7-11)30-19(21)22/h6-9,13-14,19,23H,2,5H2,1,3-4H3/t13-,14+/m0/s1. The Labute approximate surface area is 170 Å². The maximum absolute atomic E-state index is 13.0. The third kappa shape index (κ3) is 3.60. The molecule has 1 N–H and O–H groups in total. The minimum atomic E-state index is -2.98. The Balaban J connectivity index is 2.24. The van der Waals surface area contributed by atoms with E-state index in [1.54, 1.807) is 6.92 Å². The molecule has 1 aromatic heterocycles. The van der Waals surface area contributed by atoms with Gasteiger partial charge in [0.05, 0.1) is 12.2 Å². The number of rotatable bonds is 5. The number of hydrogen-bond acceptors (Lipinski definition) is 6. The number of hydrogen-bond donors (Lipinski definition) is 1. The average Bonchev–Trinajstić information content (AvgIpc) is 2.70. The van der Waals surface area contributed by atoms with Gasteiger partial charge in [-0.25, -0.2) is 4.79 Å². The first kappa shape index (κ1) is 21.3. The van der Waals surface area contributed by atoms with Crippen molar-refractivity contribution >= 4 is 11.8 Å². The Hall–Kier alpha value is -3.43. The fraction of sp³-hybridized carbons (Fsp3) is 0.350. The zero-order valence-electron chi connectivity index (χ0n) is 16.6. The lowest BCUT2D eigenvalue weighted by atomic mass is 9.77. The van der Waals surface area contributed by atoms with Gasteiger partial charge in [-0.05, 0) is 24.6 Å². The minimum Gasteiger partial charge on any atom is -0.465 e. The molecule has 2 heterocycles. The zero-order chi connectivity index (χ0) is 22.2. The second kappa shape index (κ2) is 8.13. The molecule has 0 saturated carbocycles. The minimum absolute atomic E-state index is 0.0669. The smallest absolute Gasteiger partial charge is 0.387 e. The molecule has 10 heteroatoms. The lowest BCUT2D eigenvalue weighted by Gasteiger charge is -2.35. The number of alkyl halides is 2. The second-order valence-electron chi connectivity index (χ2n) is 6.77. The molecule has 1 aliphatic heterocycles. The van der Waals surface area contributed by atoms with Crippen LogP contribution in [-0.4, -0.2) is 28.3 Å². The number of halogens is 2. The summed E-state index contributed by atoms with van der Waals surface area (Å²) in [5, 5.41) is 2.89. The number of ether oxygens (including phenoxy) is 2. The van der Waals surface area contributed by atoms with Crippen molar-refractivity contribution < 1.29 is 23.0 Å². The van der Waals surface area contributed by atoms with Crippen molar-refractivity contribution in [2.24, 2.45) is 20.0 Å². The first-order valence-corrected chi connectivity index (χ1v) is 9.14. The SMILES string of the molecule is C=C1Nc2c(c(=O)n(C)c(=O)n2C)[C@H](c2ccc(OC(F)F)cc2)[C@H]1C(=O)OCC. The topological polar surface area (TPSA) is 91.6 Å². The van der Waals surface area contributed by atoms with E-state index in [0.717, 1.165) is 4.57 Å². The van der Waals surface area contributed by atoms with Crippen LogP contribution < -0.4 is 21.3 Å². The maximum atomic E-state index is 13.0. The molecule has 160 valence electrons. The predicted octanol–water partition coefficient (Wildman–Crippen LogP) is 1.94. The van der Waals surface area contributed by atoms with Gasteiger partial charge in [-0.2, -0.15) is 8.78 Å². The van der Waals surface area contributed by atoms with E-state index >= 15 is 0 Å². The van der Waals surface area contributed by atoms with Gasteiger partial charge in [0.2, 0.25) is 0 Å². The monoisotopic (exact) mass is 421 g/mol. The third-order valence-corrected chi connectivity index (χ3v) is 5.00. The molecule has 3 rings (SSSR count). The van der Waals surface area contributed by atoms with Crippen LogP contribution in [-0.2, 0) is 23.6 Å². The highest BCUT2D eigenvalue weighted by Crippen LogP contribution is 2.42. The number of nitrogens with one attached hydrogen (secondary N) is 1. The summed E-state index contributed by atoms with van der Waals surface area (Å²) in [7, 11) is 2.83. The van der Waals surface area contributed by atoms with Crippen molar-refractivity contribution in [3.8, 4) is 5.75 Å². The molecular formula is C20H21F2N3O5. The quantitative estimate of drug-likeness (QED) is 0.742. The maximum Gasteiger partial charge on any atom is 0.387 e. The molecule has 1 aromatic carbocycles. The molecular weight excluding hydrogens is 400 g/mol. The Kier molecular flexibility index (Phi) is 5.77. The number of fused-ring (bicyclic) bond motifs is 1. The van der Waals surface area contributed by atoms with Crippen LogP contribution >= 0.6 is 0 Å². The first-order valence-electron chi connectivity index (χ1n) is 9.14. The van der Waals surface area contributed by atoms with Crippen molar-refractivity contribution in [3.05, 3.63) is 68.5 Å². The van der Waals surface area contributed by atoms with Crippen molar-refractivity contribution in [1.29, 1.82) is 0 Å². The molecule has 0 unspecified atom stereocenters. The number of anilines is 1. The van der Waals surface area contributed by atoms with Crippen LogP contribution in [0.4, 0.5) is 14.6 Å². The Morgan fingerprint density at radius 1 is 1.20 bits per heavy atom. The molecule has 0 bridgehead atoms. The van der Waals surface area contributed by atoms with Gasteiger partial charge in [0.1, 0.15) is 17.5 Å². The van der Waals surface area contributed by atoms with Gasteiger partial charge in [0.15, 0.2) is 0 Å². The fourth-order valence-corrected chi connectivity index (χ4v) is 3.63. The zero-order valence-corrected chi connectivity index (χ0v) is 16.6. The second-order valence-corrected chi connectivity index (χ2v) is 6.77. The van der Waals surface area contributed by atoms with Crippen LogP contribution in [0.5, 0.6) is 5.75 Å². The van der Waals surface area contributed by atoms with Crippen molar-refractivity contribution in [2.75, 3.05) is 11.9 Å². The number of carbonyl (C=O) groups is 1. The van der Waals surface area contributed by atoms with E-state index in [9.17, 15) is 23.2 Å². The number of benzene rings is 1. The molecule has 0 fully saturated rings. The van der Waals surface area contributed by atoms with E-state index in [1.807, 2.05) is 0 Å². The van der Waals surface area contributed by atoms with E-state index in [2.05, 4.69) is 16.6 Å². The van der Waals surface area contributed by atoms with Crippen LogP contribution in [0.25, 0.3) is 0 Å². The summed E-state index contributed by atoms with van der Waals surface area (Å²) in [5.41, 5.74) is -0.225. The first-order chi connectivity index (χ1) is 14.2. The van der Waals surface area contributed by atoms with E-state index in [-0.39, 0.29) is 29.4 Å². The van der Waals surface area contributed by atoms with Gasteiger partial charge in [0, 0.05) is 25.7 Å². The van der Waals surface area contributed by atoms with Crippen LogP contribution in [0.1, 0.15) is 24.0 Å². The molecule has 0 aliphatic carbocycles. The van der Waals surface area contributed by atoms with Crippen LogP contribution in [0.15, 0.2) is 46.1 Å². The van der Waals surface area contributed by atoms with Crippen molar-refractivity contribution in [3.63, 3.8) is 0 Å². The Morgan fingerprint density at radius 2 is 1.83 bits per heavy atom. The highest BCUT2D eigenvalue weighted by atomic mass is 19.3.